The van der Waals surface area contributed by atoms with Crippen molar-refractivity contribution in [2.24, 2.45) is 53.3 Å². The van der Waals surface area contributed by atoms with Gasteiger partial charge in [0, 0.05) is 35.8 Å². The molecule has 18 atom stereocenters. The second kappa shape index (κ2) is 50.0. The summed E-state index contributed by atoms with van der Waals surface area (Å²) in [5, 5.41) is 41.6. The van der Waals surface area contributed by atoms with E-state index >= 15 is 0 Å². The van der Waals surface area contributed by atoms with E-state index in [4.69, 9.17) is 43.7 Å². The SMILES string of the molecule is CC(C)C(=O)O.CC(C)C(=O)O[C@@H](C)[C@H]1/C=C/c2ccc3ccc(nc3c2)[C@@H](C)OC(=O)[C@@H]2CCCN(N2)C(=O)[C@H](C)NC(=O)[C@H](C(C)C)NC1=O.CC(C)C(=O)O[C@@H](C)[C@H]1/C=C/c2ccc3ccc(nc3c2)[C@@H](C)OC(=O)[C@@H]2CCCN(N2)C(=O)[C@H](C)NC(=O)[C@H](C(C)C)NC1=O.CC(C)[C@@H]1NC(=O)[C@@H]([C@H](C)O)/C=C/c2ccc3ccc(nc3c2)[C@@H](C)OC(=O)[C@@H]2CCCN(N2)C(=O)[C@H](C)NC1=O. The minimum absolute atomic E-state index is 0.231. The summed E-state index contributed by atoms with van der Waals surface area (Å²) in [6, 6.07) is 20.0. The molecule has 9 heterocycles. The van der Waals surface area contributed by atoms with E-state index in [0.29, 0.717) is 91.8 Å². The maximum absolute atomic E-state index is 13.8. The maximum atomic E-state index is 13.8. The molecular formula is C102H137N15O22. The Labute approximate surface area is 810 Å². The first-order valence-corrected chi connectivity index (χ1v) is 47.8. The molecule has 6 aliphatic rings. The third kappa shape index (κ3) is 30.3. The van der Waals surface area contributed by atoms with Gasteiger partial charge in [0.05, 0.1) is 75.2 Å². The van der Waals surface area contributed by atoms with Crippen molar-refractivity contribution in [2.75, 3.05) is 19.6 Å². The number of carboxylic acid groups (broad SMARTS) is 1. The standard InChI is InChI=1S/2C34H45N5O7.C30H39N5O6.C4H8O2/c2*1-18(2)29-31(41)35-20(5)32(42)39-16-8-9-27(38-39)34(44)46-22(7)26-15-13-24-12-10-23(17-28(24)36-26)11-14-25(30(40)37-29)21(6)45-33(43)19(3)4;1-16(2)26-28(38)31-17(3)29(39)35-14-6-7-24(34-35)30(40)41-19(5)23-13-11-21-10-8-20(15-25(21)32-23)9-12-22(18(4)36)27(37)33-26;1-3(2)4(5)6/h2*10-15,17-22,25,27,29,38H,8-9,16H2,1-7H3,(H,35,41)(H,37,40);8-13,15-19,22,24,26,34,36H,6-7,14H2,1-5H3,(H,31,38)(H,33,37);3H,1-2H3,(H,5,6)/b2*14-11+;12-9+;/t2*20-,21-,22+,25+,27-,29-;17-,18-,19+,22+,24-,26-;/m000./s1. The van der Waals surface area contributed by atoms with Crippen molar-refractivity contribution in [1.29, 1.82) is 0 Å². The lowest BCUT2D eigenvalue weighted by atomic mass is 9.97. The monoisotopic (exact) mass is 1920 g/mol. The van der Waals surface area contributed by atoms with Crippen LogP contribution in [0.3, 0.4) is 0 Å². The molecule has 3 aromatic carbocycles. The Kier molecular flexibility index (Phi) is 39.5. The number of benzene rings is 3. The highest BCUT2D eigenvalue weighted by Crippen LogP contribution is 2.30. The second-order valence-corrected chi connectivity index (χ2v) is 38.1. The Balaban J connectivity index is 0.000000226. The number of nitrogens with zero attached hydrogens (tertiary/aromatic N) is 6. The van der Waals surface area contributed by atoms with E-state index in [0.717, 1.165) is 32.8 Å². The third-order valence-corrected chi connectivity index (χ3v) is 24.4. The number of ether oxygens (including phenoxy) is 5. The predicted octanol–water partition coefficient (Wildman–Crippen LogP) is 9.15. The number of fused-ring (bicyclic) bond motifs is 12. The van der Waals surface area contributed by atoms with Crippen LogP contribution in [0.2, 0.25) is 0 Å². The number of hydrogen-bond acceptors (Lipinski definition) is 27. The zero-order chi connectivity index (χ0) is 102. The number of hydrazine groups is 3. The van der Waals surface area contributed by atoms with Gasteiger partial charge < -0.3 is 65.8 Å². The number of amides is 9. The summed E-state index contributed by atoms with van der Waals surface area (Å²) in [4.78, 5) is 209. The minimum atomic E-state index is -1.02. The van der Waals surface area contributed by atoms with Crippen molar-refractivity contribution in [3.8, 4) is 0 Å². The number of rotatable bonds is 11. The Bertz CT molecular complexity index is 5340. The smallest absolute Gasteiger partial charge is 0.325 e. The van der Waals surface area contributed by atoms with E-state index in [1.807, 2.05) is 72.8 Å². The van der Waals surface area contributed by atoms with Gasteiger partial charge in [0.2, 0.25) is 35.4 Å². The molecule has 752 valence electrons. The molecule has 0 radical (unpaired) electrons. The molecule has 3 fully saturated rings. The fourth-order valence-electron chi connectivity index (χ4n) is 15.7. The van der Waals surface area contributed by atoms with Gasteiger partial charge >= 0.3 is 35.8 Å². The van der Waals surface area contributed by atoms with Crippen LogP contribution in [0.25, 0.3) is 50.9 Å². The first kappa shape index (κ1) is 110. The van der Waals surface area contributed by atoms with E-state index in [2.05, 4.69) is 48.2 Å². The number of nitrogens with one attached hydrogen (secondary N) is 9. The van der Waals surface area contributed by atoms with Gasteiger partial charge in [0.1, 0.15) is 84.9 Å². The van der Waals surface area contributed by atoms with Crippen molar-refractivity contribution in [3.05, 3.63) is 143 Å². The minimum Gasteiger partial charge on any atom is -0.481 e. The molecule has 0 aliphatic carbocycles. The molecule has 37 heteroatoms. The molecule has 15 bridgehead atoms. The van der Waals surface area contributed by atoms with Crippen LogP contribution in [0.15, 0.2) is 109 Å². The quantitative estimate of drug-likeness (QED) is 0.0425. The number of aliphatic carboxylic acids is 1. The van der Waals surface area contributed by atoms with Crippen molar-refractivity contribution < 1.29 is 106 Å². The number of hydrogen-bond donors (Lipinski definition) is 11. The number of aromatic nitrogens is 3. The maximum Gasteiger partial charge on any atom is 0.325 e. The highest BCUT2D eigenvalue weighted by molar-refractivity contribution is 5.97. The fourth-order valence-corrected chi connectivity index (χ4v) is 15.7. The number of aliphatic hydroxyl groups excluding tert-OH is 1. The van der Waals surface area contributed by atoms with Crippen LogP contribution < -0.4 is 48.2 Å². The summed E-state index contributed by atoms with van der Waals surface area (Å²) in [6.45, 7) is 36.5. The summed E-state index contributed by atoms with van der Waals surface area (Å²) in [6.07, 6.45) is 8.57. The molecule has 9 amide bonds. The number of cyclic esters (lactones) is 3. The second-order valence-electron chi connectivity index (χ2n) is 38.1. The number of esters is 5. The van der Waals surface area contributed by atoms with Crippen LogP contribution in [0.5, 0.6) is 0 Å². The first-order chi connectivity index (χ1) is 65.6. The average Bonchev–Trinajstić information content (AvgIpc) is 1.50. The van der Waals surface area contributed by atoms with Crippen molar-refractivity contribution in [3.63, 3.8) is 0 Å². The Hall–Kier alpha value is -13.0. The zero-order valence-corrected chi connectivity index (χ0v) is 83.1. The molecule has 6 aromatic rings. The van der Waals surface area contributed by atoms with Gasteiger partial charge in [-0.1, -0.05) is 174 Å². The van der Waals surface area contributed by atoms with Crippen LogP contribution in [-0.4, -0.2) is 221 Å². The number of carbonyl (C=O) groups excluding carboxylic acids is 14. The summed E-state index contributed by atoms with van der Waals surface area (Å²) >= 11 is 0. The molecule has 0 saturated carbocycles. The van der Waals surface area contributed by atoms with Gasteiger partial charge in [-0.25, -0.2) is 31.2 Å². The lowest BCUT2D eigenvalue weighted by Crippen LogP contribution is -2.61. The average molecular weight is 1930 g/mol. The van der Waals surface area contributed by atoms with Gasteiger partial charge in [-0.2, -0.15) is 0 Å². The topological polar surface area (TPSA) is 499 Å². The highest BCUT2D eigenvalue weighted by atomic mass is 16.6. The third-order valence-electron chi connectivity index (χ3n) is 24.4. The summed E-state index contributed by atoms with van der Waals surface area (Å²) in [5.41, 5.74) is 14.8. The molecule has 11 N–H and O–H groups in total. The van der Waals surface area contributed by atoms with E-state index < -0.39 is 210 Å². The van der Waals surface area contributed by atoms with Crippen molar-refractivity contribution in [1.82, 2.24) is 78.2 Å². The number of carbonyl (C=O) groups is 15. The molecule has 6 aliphatic heterocycles. The molecule has 3 aromatic heterocycles. The lowest BCUT2D eigenvalue weighted by Gasteiger charge is -2.35. The van der Waals surface area contributed by atoms with Gasteiger partial charge in [-0.05, 0) is 172 Å². The molecule has 0 spiro atoms. The largest absolute Gasteiger partial charge is 0.481 e. The van der Waals surface area contributed by atoms with Crippen molar-refractivity contribution in [2.45, 2.75) is 275 Å². The van der Waals surface area contributed by atoms with Gasteiger partial charge in [-0.15, -0.1) is 0 Å². The van der Waals surface area contributed by atoms with Crippen LogP contribution >= 0.6 is 0 Å². The van der Waals surface area contributed by atoms with Crippen molar-refractivity contribution >= 4 is 140 Å². The van der Waals surface area contributed by atoms with Crippen LogP contribution in [0.4, 0.5) is 0 Å². The van der Waals surface area contributed by atoms with Crippen LogP contribution in [0, 0.1) is 53.3 Å². The molecular weight excluding hydrogens is 1790 g/mol. The molecule has 12 rings (SSSR count). The predicted molar refractivity (Wildman–Crippen MR) is 518 cm³/mol. The van der Waals surface area contributed by atoms with E-state index in [1.165, 1.54) is 22.0 Å². The Morgan fingerprint density at radius 3 is 0.878 bits per heavy atom. The van der Waals surface area contributed by atoms with Gasteiger partial charge in [0.15, 0.2) is 0 Å². The van der Waals surface area contributed by atoms with E-state index in [-0.39, 0.29) is 23.7 Å². The number of pyridine rings is 3. The molecule has 37 nitrogen and oxygen atoms in total. The normalized spacial score (nSPS) is 26.2. The number of carboxylic acids is 1. The Morgan fingerprint density at radius 2 is 0.626 bits per heavy atom. The van der Waals surface area contributed by atoms with Crippen LogP contribution in [0.1, 0.15) is 236 Å². The summed E-state index contributed by atoms with van der Waals surface area (Å²) < 4.78 is 28.5. The molecule has 3 saturated heterocycles. The number of aliphatic hydroxyl groups is 1. The lowest BCUT2D eigenvalue weighted by molar-refractivity contribution is -0.158. The summed E-state index contributed by atoms with van der Waals surface area (Å²) in [7, 11) is 0. The molecule has 139 heavy (non-hydrogen) atoms. The molecule has 0 unspecified atom stereocenters. The van der Waals surface area contributed by atoms with Gasteiger partial charge in [-0.3, -0.25) is 86.9 Å². The fraction of sp³-hybridized carbons (Fsp3) is 0.529. The summed E-state index contributed by atoms with van der Waals surface area (Å²) in [5.74, 6) is -12.4. The first-order valence-electron chi connectivity index (χ1n) is 47.8. The van der Waals surface area contributed by atoms with Crippen LogP contribution in [-0.2, 0) is 95.6 Å². The zero-order valence-electron chi connectivity index (χ0n) is 83.1. The van der Waals surface area contributed by atoms with E-state index in [9.17, 15) is 77.0 Å². The Morgan fingerprint density at radius 1 is 0.367 bits per heavy atom. The van der Waals surface area contributed by atoms with E-state index in [1.54, 1.807) is 193 Å². The highest BCUT2D eigenvalue weighted by Gasteiger charge is 2.42. The van der Waals surface area contributed by atoms with Gasteiger partial charge in [0.25, 0.3) is 17.7 Å².